The van der Waals surface area contributed by atoms with Gasteiger partial charge in [-0.2, -0.15) is 0 Å². The molecule has 0 aliphatic heterocycles. The molecule has 0 saturated heterocycles. The van der Waals surface area contributed by atoms with E-state index in [1.54, 1.807) is 10.8 Å². The third-order valence-corrected chi connectivity index (χ3v) is 4.48. The van der Waals surface area contributed by atoms with Crippen molar-refractivity contribution in [3.8, 4) is 0 Å². The van der Waals surface area contributed by atoms with E-state index in [1.807, 2.05) is 64.1 Å². The van der Waals surface area contributed by atoms with Gasteiger partial charge in [-0.05, 0) is 61.8 Å². The van der Waals surface area contributed by atoms with Crippen LogP contribution in [0.3, 0.4) is 0 Å². The largest absolute Gasteiger partial charge is 0.289 e. The lowest BCUT2D eigenvalue weighted by Gasteiger charge is -2.03. The summed E-state index contributed by atoms with van der Waals surface area (Å²) in [6.45, 7) is 7.88. The van der Waals surface area contributed by atoms with Gasteiger partial charge in [-0.15, -0.1) is 11.8 Å². The molecule has 0 aliphatic carbocycles. The second kappa shape index (κ2) is 8.63. The molecular weight excluding hydrogens is 328 g/mol. The van der Waals surface area contributed by atoms with Gasteiger partial charge in [0.15, 0.2) is 11.6 Å². The Morgan fingerprint density at radius 3 is 1.48 bits per heavy atom. The van der Waals surface area contributed by atoms with E-state index in [4.69, 9.17) is 0 Å². The molecule has 0 atom stereocenters. The van der Waals surface area contributed by atoms with Gasteiger partial charge in [0, 0.05) is 11.1 Å². The normalized spacial score (nSPS) is 11.4. The number of carbonyl (C=O) groups is 2. The van der Waals surface area contributed by atoms with Crippen LogP contribution in [-0.4, -0.2) is 11.6 Å². The van der Waals surface area contributed by atoms with Gasteiger partial charge in [-0.25, -0.2) is 0 Å². The fourth-order valence-corrected chi connectivity index (χ4v) is 3.10. The number of ketones is 2. The first-order chi connectivity index (χ1) is 11.9. The standard InChI is InChI=1S/C22H22O2S/c1-15-5-7-19(17(3)13-15)21(23)9-11-25-12-10-22(24)20-8-6-16(2)14-18(20)4/h5-14H,1-4H3/b11-9+,12-10+. The molecule has 2 nitrogen and oxygen atoms in total. The number of rotatable bonds is 6. The van der Waals surface area contributed by atoms with Crippen LogP contribution in [0.15, 0.2) is 59.4 Å². The second-order valence-electron chi connectivity index (χ2n) is 6.11. The Bertz CT molecular complexity index is 789. The molecule has 0 spiro atoms. The van der Waals surface area contributed by atoms with Gasteiger partial charge in [-0.3, -0.25) is 9.59 Å². The number of carbonyl (C=O) groups excluding carboxylic acids is 2. The molecule has 3 heteroatoms. The first kappa shape index (κ1) is 18.9. The minimum Gasteiger partial charge on any atom is -0.289 e. The van der Waals surface area contributed by atoms with Gasteiger partial charge < -0.3 is 0 Å². The minimum absolute atomic E-state index is 0.0286. The highest BCUT2D eigenvalue weighted by Gasteiger charge is 2.06. The molecule has 2 aromatic carbocycles. The fourth-order valence-electron chi connectivity index (χ4n) is 2.61. The number of hydrogen-bond donors (Lipinski definition) is 0. The maximum absolute atomic E-state index is 12.2. The van der Waals surface area contributed by atoms with Crippen LogP contribution in [0, 0.1) is 27.7 Å². The van der Waals surface area contributed by atoms with Gasteiger partial charge in [-0.1, -0.05) is 47.5 Å². The number of benzene rings is 2. The highest BCUT2D eigenvalue weighted by Crippen LogP contribution is 2.15. The Morgan fingerprint density at radius 1 is 0.720 bits per heavy atom. The van der Waals surface area contributed by atoms with Crippen molar-refractivity contribution in [1.82, 2.24) is 0 Å². The number of thioether (sulfide) groups is 1. The molecule has 0 radical (unpaired) electrons. The highest BCUT2D eigenvalue weighted by atomic mass is 32.2. The van der Waals surface area contributed by atoms with Crippen LogP contribution >= 0.6 is 11.8 Å². The van der Waals surface area contributed by atoms with E-state index in [0.717, 1.165) is 22.3 Å². The molecule has 0 saturated carbocycles. The van der Waals surface area contributed by atoms with Crippen LogP contribution in [0.5, 0.6) is 0 Å². The van der Waals surface area contributed by atoms with Crippen LogP contribution in [-0.2, 0) is 0 Å². The van der Waals surface area contributed by atoms with Crippen LogP contribution in [0.1, 0.15) is 43.0 Å². The van der Waals surface area contributed by atoms with E-state index in [-0.39, 0.29) is 11.6 Å². The van der Waals surface area contributed by atoms with Crippen molar-refractivity contribution < 1.29 is 9.59 Å². The monoisotopic (exact) mass is 350 g/mol. The van der Waals surface area contributed by atoms with Crippen molar-refractivity contribution in [2.24, 2.45) is 0 Å². The minimum atomic E-state index is -0.0286. The second-order valence-corrected chi connectivity index (χ2v) is 6.92. The Balaban J connectivity index is 1.95. The number of aryl methyl sites for hydroxylation is 4. The molecule has 0 N–H and O–H groups in total. The molecular formula is C22H22O2S. The Hall–Kier alpha value is -2.39. The fraction of sp³-hybridized carbons (Fsp3) is 0.182. The van der Waals surface area contributed by atoms with Crippen molar-refractivity contribution in [3.05, 3.63) is 92.7 Å². The van der Waals surface area contributed by atoms with Crippen LogP contribution in [0.4, 0.5) is 0 Å². The maximum Gasteiger partial charge on any atom is 0.186 e. The van der Waals surface area contributed by atoms with Gasteiger partial charge in [0.2, 0.25) is 0 Å². The lowest BCUT2D eigenvalue weighted by Crippen LogP contribution is -1.98. The third kappa shape index (κ3) is 5.30. The molecule has 2 aromatic rings. The Labute approximate surface area is 153 Å². The summed E-state index contributed by atoms with van der Waals surface area (Å²) in [5.41, 5.74) is 5.64. The predicted octanol–water partition coefficient (Wildman–Crippen LogP) is 5.75. The van der Waals surface area contributed by atoms with Crippen molar-refractivity contribution in [1.29, 1.82) is 0 Å². The van der Waals surface area contributed by atoms with Gasteiger partial charge in [0.1, 0.15) is 0 Å². The molecule has 25 heavy (non-hydrogen) atoms. The predicted molar refractivity (Wildman–Crippen MR) is 106 cm³/mol. The summed E-state index contributed by atoms with van der Waals surface area (Å²) >= 11 is 1.31. The SMILES string of the molecule is Cc1ccc(C(=O)/C=C/S/C=C/C(=O)c2ccc(C)cc2C)c(C)c1. The van der Waals surface area contributed by atoms with E-state index in [9.17, 15) is 9.59 Å². The first-order valence-corrected chi connectivity index (χ1v) is 9.04. The first-order valence-electron chi connectivity index (χ1n) is 8.10. The van der Waals surface area contributed by atoms with Crippen molar-refractivity contribution >= 4 is 23.3 Å². The van der Waals surface area contributed by atoms with Crippen molar-refractivity contribution in [2.75, 3.05) is 0 Å². The zero-order valence-electron chi connectivity index (χ0n) is 15.0. The van der Waals surface area contributed by atoms with Crippen LogP contribution in [0.25, 0.3) is 0 Å². The average Bonchev–Trinajstić information content (AvgIpc) is 2.54. The summed E-state index contributed by atoms with van der Waals surface area (Å²) in [4.78, 5) is 24.4. The smallest absolute Gasteiger partial charge is 0.186 e. The molecule has 128 valence electrons. The third-order valence-electron chi connectivity index (χ3n) is 3.89. The Kier molecular flexibility index (Phi) is 6.54. The summed E-state index contributed by atoms with van der Waals surface area (Å²) in [6.07, 6.45) is 3.07. The molecule has 0 aromatic heterocycles. The zero-order valence-corrected chi connectivity index (χ0v) is 15.8. The van der Waals surface area contributed by atoms with Gasteiger partial charge in [0.05, 0.1) is 0 Å². The summed E-state index contributed by atoms with van der Waals surface area (Å²) in [6, 6.07) is 11.6. The number of allylic oxidation sites excluding steroid dienone is 2. The van der Waals surface area contributed by atoms with E-state index < -0.39 is 0 Å². The van der Waals surface area contributed by atoms with Gasteiger partial charge in [0.25, 0.3) is 0 Å². The van der Waals surface area contributed by atoms with E-state index in [2.05, 4.69) is 0 Å². The van der Waals surface area contributed by atoms with E-state index in [0.29, 0.717) is 11.1 Å². The molecule has 0 bridgehead atoms. The van der Waals surface area contributed by atoms with Gasteiger partial charge >= 0.3 is 0 Å². The summed E-state index contributed by atoms with van der Waals surface area (Å²) in [5, 5.41) is 3.40. The lowest BCUT2D eigenvalue weighted by atomic mass is 10.0. The summed E-state index contributed by atoms with van der Waals surface area (Å²) in [7, 11) is 0. The quantitative estimate of drug-likeness (QED) is 0.491. The molecule has 0 heterocycles. The average molecular weight is 350 g/mol. The van der Waals surface area contributed by atoms with Crippen LogP contribution in [0.2, 0.25) is 0 Å². The molecule has 2 rings (SSSR count). The summed E-state index contributed by atoms with van der Waals surface area (Å²) in [5.74, 6) is -0.0572. The number of hydrogen-bond acceptors (Lipinski definition) is 3. The van der Waals surface area contributed by atoms with Crippen molar-refractivity contribution in [2.45, 2.75) is 27.7 Å². The maximum atomic E-state index is 12.2. The topological polar surface area (TPSA) is 34.1 Å². The molecule has 0 unspecified atom stereocenters. The van der Waals surface area contributed by atoms with E-state index >= 15 is 0 Å². The summed E-state index contributed by atoms with van der Waals surface area (Å²) < 4.78 is 0. The zero-order chi connectivity index (χ0) is 18.4. The molecule has 0 fully saturated rings. The van der Waals surface area contributed by atoms with E-state index in [1.165, 1.54) is 23.9 Å². The highest BCUT2D eigenvalue weighted by molar-refractivity contribution is 8.04. The Morgan fingerprint density at radius 2 is 1.12 bits per heavy atom. The molecule has 0 amide bonds. The molecule has 0 aliphatic rings. The van der Waals surface area contributed by atoms with Crippen molar-refractivity contribution in [3.63, 3.8) is 0 Å². The lowest BCUT2D eigenvalue weighted by molar-refractivity contribution is 0.103. The van der Waals surface area contributed by atoms with Crippen LogP contribution < -0.4 is 0 Å².